The second-order valence-electron chi connectivity index (χ2n) is 4.37. The number of carboxylic acid groups (broad SMARTS) is 1. The van der Waals surface area contributed by atoms with Crippen LogP contribution in [0.5, 0.6) is 0 Å². The zero-order valence-electron chi connectivity index (χ0n) is 11.6. The number of carbonyl (C=O) groups is 1. The van der Waals surface area contributed by atoms with Crippen LogP contribution in [0.4, 0.5) is 0 Å². The van der Waals surface area contributed by atoms with Gasteiger partial charge in [0.05, 0.1) is 11.1 Å². The first kappa shape index (κ1) is 16.0. The van der Waals surface area contributed by atoms with Crippen LogP contribution in [0, 0.1) is 0 Å². The van der Waals surface area contributed by atoms with Crippen LogP contribution in [-0.4, -0.2) is 40.1 Å². The summed E-state index contributed by atoms with van der Waals surface area (Å²) in [6.45, 7) is 1.16. The minimum atomic E-state index is -0.925. The van der Waals surface area contributed by atoms with Gasteiger partial charge in [0, 0.05) is 20.3 Å². The van der Waals surface area contributed by atoms with Gasteiger partial charge in [-0.2, -0.15) is 0 Å². The number of thiophene rings is 1. The van der Waals surface area contributed by atoms with Crippen LogP contribution in [0.15, 0.2) is 21.4 Å². The highest BCUT2D eigenvalue weighted by Crippen LogP contribution is 2.21. The molecular weight excluding hydrogens is 312 g/mol. The topological polar surface area (TPSA) is 81.4 Å². The van der Waals surface area contributed by atoms with Crippen LogP contribution in [0.2, 0.25) is 0 Å². The molecule has 0 aliphatic heterocycles. The SMILES string of the molecule is COCCCCn1c(SCC(=O)O)nc2sccc2c1=O. The summed E-state index contributed by atoms with van der Waals surface area (Å²) in [5, 5.41) is 11.7. The maximum Gasteiger partial charge on any atom is 0.313 e. The third kappa shape index (κ3) is 4.05. The summed E-state index contributed by atoms with van der Waals surface area (Å²) in [6, 6.07) is 1.76. The van der Waals surface area contributed by atoms with Gasteiger partial charge in [-0.15, -0.1) is 11.3 Å². The molecule has 0 aliphatic carbocycles. The average Bonchev–Trinajstić information content (AvgIpc) is 2.92. The van der Waals surface area contributed by atoms with Crippen molar-refractivity contribution >= 4 is 39.3 Å². The molecule has 0 saturated carbocycles. The molecular formula is C13H16N2O4S2. The highest BCUT2D eigenvalue weighted by molar-refractivity contribution is 7.99. The number of rotatable bonds is 8. The van der Waals surface area contributed by atoms with Gasteiger partial charge in [0.25, 0.3) is 5.56 Å². The summed E-state index contributed by atoms with van der Waals surface area (Å²) in [5.74, 6) is -1.03. The molecule has 6 nitrogen and oxygen atoms in total. The van der Waals surface area contributed by atoms with Gasteiger partial charge in [0.2, 0.25) is 0 Å². The second kappa shape index (κ2) is 7.58. The van der Waals surface area contributed by atoms with Crippen molar-refractivity contribution < 1.29 is 14.6 Å². The van der Waals surface area contributed by atoms with E-state index in [1.54, 1.807) is 17.7 Å². The van der Waals surface area contributed by atoms with Crippen LogP contribution < -0.4 is 5.56 Å². The monoisotopic (exact) mass is 328 g/mol. The molecule has 1 N–H and O–H groups in total. The average molecular weight is 328 g/mol. The van der Waals surface area contributed by atoms with E-state index in [2.05, 4.69) is 4.98 Å². The van der Waals surface area contributed by atoms with Gasteiger partial charge in [-0.05, 0) is 24.3 Å². The van der Waals surface area contributed by atoms with E-state index in [0.29, 0.717) is 28.5 Å². The number of aromatic nitrogens is 2. The van der Waals surface area contributed by atoms with Crippen molar-refractivity contribution in [2.24, 2.45) is 0 Å². The number of nitrogens with zero attached hydrogens (tertiary/aromatic N) is 2. The molecule has 2 aromatic rings. The van der Waals surface area contributed by atoms with Crippen LogP contribution >= 0.6 is 23.1 Å². The number of unbranched alkanes of at least 4 members (excludes halogenated alkanes) is 1. The van der Waals surface area contributed by atoms with Crippen LogP contribution in [0.3, 0.4) is 0 Å². The predicted octanol–water partition coefficient (Wildman–Crippen LogP) is 2.06. The molecule has 0 spiro atoms. The van der Waals surface area contributed by atoms with Crippen molar-refractivity contribution in [2.45, 2.75) is 24.5 Å². The molecule has 114 valence electrons. The van der Waals surface area contributed by atoms with E-state index < -0.39 is 5.97 Å². The van der Waals surface area contributed by atoms with Crippen LogP contribution in [0.1, 0.15) is 12.8 Å². The summed E-state index contributed by atoms with van der Waals surface area (Å²) < 4.78 is 6.56. The first-order valence-electron chi connectivity index (χ1n) is 6.45. The zero-order chi connectivity index (χ0) is 15.2. The molecule has 0 radical (unpaired) electrons. The fraction of sp³-hybridized carbons (Fsp3) is 0.462. The Morgan fingerprint density at radius 3 is 3.05 bits per heavy atom. The molecule has 0 amide bonds. The highest BCUT2D eigenvalue weighted by atomic mass is 32.2. The van der Waals surface area contributed by atoms with Gasteiger partial charge < -0.3 is 9.84 Å². The molecule has 0 aliphatic rings. The lowest BCUT2D eigenvalue weighted by Crippen LogP contribution is -2.23. The standard InChI is InChI=1S/C13H16N2O4S2/c1-19-6-3-2-5-15-12(18)9-4-7-20-11(9)14-13(15)21-8-10(16)17/h4,7H,2-3,5-6,8H2,1H3,(H,16,17). The van der Waals surface area contributed by atoms with E-state index in [1.165, 1.54) is 11.3 Å². The Kier molecular flexibility index (Phi) is 5.77. The smallest absolute Gasteiger partial charge is 0.313 e. The molecule has 0 saturated heterocycles. The Hall–Kier alpha value is -1.38. The Morgan fingerprint density at radius 2 is 2.33 bits per heavy atom. The molecule has 8 heteroatoms. The maximum absolute atomic E-state index is 12.5. The van der Waals surface area contributed by atoms with Gasteiger partial charge in [-0.1, -0.05) is 11.8 Å². The van der Waals surface area contributed by atoms with Gasteiger partial charge in [-0.3, -0.25) is 14.2 Å². The lowest BCUT2D eigenvalue weighted by Gasteiger charge is -2.11. The zero-order valence-corrected chi connectivity index (χ0v) is 13.2. The lowest BCUT2D eigenvalue weighted by molar-refractivity contribution is -0.133. The summed E-state index contributed by atoms with van der Waals surface area (Å²) in [7, 11) is 1.64. The van der Waals surface area contributed by atoms with Gasteiger partial charge in [0.15, 0.2) is 5.16 Å². The van der Waals surface area contributed by atoms with Gasteiger partial charge in [-0.25, -0.2) is 4.98 Å². The van der Waals surface area contributed by atoms with Gasteiger partial charge >= 0.3 is 5.97 Å². The molecule has 2 rings (SSSR count). The third-order valence-electron chi connectivity index (χ3n) is 2.85. The van der Waals surface area contributed by atoms with E-state index in [-0.39, 0.29) is 11.3 Å². The Bertz CT molecular complexity index is 680. The van der Waals surface area contributed by atoms with Crippen molar-refractivity contribution in [3.8, 4) is 0 Å². The van der Waals surface area contributed by atoms with Crippen molar-refractivity contribution in [1.82, 2.24) is 9.55 Å². The highest BCUT2D eigenvalue weighted by Gasteiger charge is 2.13. The molecule has 21 heavy (non-hydrogen) atoms. The minimum Gasteiger partial charge on any atom is -0.481 e. The maximum atomic E-state index is 12.5. The minimum absolute atomic E-state index is 0.105. The van der Waals surface area contributed by atoms with Gasteiger partial charge in [0.1, 0.15) is 4.83 Å². The Morgan fingerprint density at radius 1 is 1.52 bits per heavy atom. The fourth-order valence-corrected chi connectivity index (χ4v) is 3.43. The number of fused-ring (bicyclic) bond motifs is 1. The van der Waals surface area contributed by atoms with Crippen molar-refractivity contribution in [2.75, 3.05) is 19.5 Å². The van der Waals surface area contributed by atoms with Crippen molar-refractivity contribution in [3.05, 3.63) is 21.8 Å². The summed E-state index contributed by atoms with van der Waals surface area (Å²) in [4.78, 5) is 28.3. The summed E-state index contributed by atoms with van der Waals surface area (Å²) in [6.07, 6.45) is 1.62. The fourth-order valence-electron chi connectivity index (χ4n) is 1.88. The van der Waals surface area contributed by atoms with Crippen LogP contribution in [0.25, 0.3) is 10.2 Å². The van der Waals surface area contributed by atoms with E-state index in [0.717, 1.165) is 24.6 Å². The van der Waals surface area contributed by atoms with Crippen molar-refractivity contribution in [3.63, 3.8) is 0 Å². The number of methoxy groups -OCH3 is 1. The predicted molar refractivity (Wildman–Crippen MR) is 83.3 cm³/mol. The number of hydrogen-bond donors (Lipinski definition) is 1. The number of thioether (sulfide) groups is 1. The number of hydrogen-bond acceptors (Lipinski definition) is 6. The normalized spacial score (nSPS) is 11.1. The summed E-state index contributed by atoms with van der Waals surface area (Å²) >= 11 is 2.46. The number of carboxylic acids is 1. The third-order valence-corrected chi connectivity index (χ3v) is 4.62. The molecule has 0 fully saturated rings. The number of ether oxygens (including phenoxy) is 1. The van der Waals surface area contributed by atoms with E-state index in [1.807, 2.05) is 5.38 Å². The molecule has 2 heterocycles. The van der Waals surface area contributed by atoms with Crippen LogP contribution in [-0.2, 0) is 16.1 Å². The van der Waals surface area contributed by atoms with Crippen molar-refractivity contribution in [1.29, 1.82) is 0 Å². The lowest BCUT2D eigenvalue weighted by atomic mass is 10.3. The van der Waals surface area contributed by atoms with E-state index in [4.69, 9.17) is 9.84 Å². The molecule has 0 bridgehead atoms. The molecule has 0 atom stereocenters. The Labute approximate surface area is 129 Å². The molecule has 0 aromatic carbocycles. The number of aliphatic carboxylic acids is 1. The van der Waals surface area contributed by atoms with E-state index in [9.17, 15) is 9.59 Å². The quantitative estimate of drug-likeness (QED) is 0.454. The Balaban J connectivity index is 2.28. The molecule has 2 aromatic heterocycles. The first-order chi connectivity index (χ1) is 10.1. The summed E-state index contributed by atoms with van der Waals surface area (Å²) in [5.41, 5.74) is -0.105. The first-order valence-corrected chi connectivity index (χ1v) is 8.31. The second-order valence-corrected chi connectivity index (χ2v) is 6.21. The largest absolute Gasteiger partial charge is 0.481 e. The molecule has 0 unspecified atom stereocenters. The van der Waals surface area contributed by atoms with E-state index >= 15 is 0 Å².